The summed E-state index contributed by atoms with van der Waals surface area (Å²) < 4.78 is 4.62. The number of nitrogens with zero attached hydrogens (tertiary/aromatic N) is 3. The molecule has 0 unspecified atom stereocenters. The first-order valence-electron chi connectivity index (χ1n) is 9.07. The van der Waals surface area contributed by atoms with Crippen molar-refractivity contribution in [3.05, 3.63) is 53.2 Å². The Morgan fingerprint density at radius 3 is 2.41 bits per heavy atom. The molecule has 1 saturated heterocycles. The van der Waals surface area contributed by atoms with Crippen LogP contribution in [0.4, 0.5) is 5.82 Å². The number of hydrogen-bond acceptors (Lipinski definition) is 6. The molecule has 2 aromatic rings. The molecule has 1 aromatic carbocycles. The summed E-state index contributed by atoms with van der Waals surface area (Å²) in [5, 5.41) is 11.0. The highest BCUT2D eigenvalue weighted by atomic mass is 16.5. The lowest BCUT2D eigenvalue weighted by Gasteiger charge is -2.31. The van der Waals surface area contributed by atoms with Crippen molar-refractivity contribution in [1.82, 2.24) is 15.5 Å². The molecule has 0 saturated carbocycles. The lowest BCUT2D eigenvalue weighted by Crippen LogP contribution is -2.40. The molecule has 1 amide bonds. The maximum absolute atomic E-state index is 12.4. The van der Waals surface area contributed by atoms with Crippen LogP contribution in [0.15, 0.2) is 36.4 Å². The molecule has 7 heteroatoms. The summed E-state index contributed by atoms with van der Waals surface area (Å²) in [5.41, 5.74) is 2.50. The quantitative estimate of drug-likeness (QED) is 0.814. The van der Waals surface area contributed by atoms with Gasteiger partial charge in [0.1, 0.15) is 0 Å². The molecule has 7 nitrogen and oxygen atoms in total. The average Bonchev–Trinajstić information content (AvgIpc) is 2.73. The number of hydrogen-bond donors (Lipinski definition) is 1. The van der Waals surface area contributed by atoms with Gasteiger partial charge >= 0.3 is 5.97 Å². The normalized spacial score (nSPS) is 14.7. The van der Waals surface area contributed by atoms with Crippen molar-refractivity contribution in [2.45, 2.75) is 26.3 Å². The number of amides is 1. The van der Waals surface area contributed by atoms with Crippen molar-refractivity contribution in [2.75, 3.05) is 25.1 Å². The summed E-state index contributed by atoms with van der Waals surface area (Å²) in [7, 11) is 1.31. The monoisotopic (exact) mass is 368 g/mol. The van der Waals surface area contributed by atoms with Crippen LogP contribution >= 0.6 is 0 Å². The molecule has 0 aliphatic carbocycles. The number of nitrogens with one attached hydrogen (secondary N) is 1. The summed E-state index contributed by atoms with van der Waals surface area (Å²) in [6.45, 7) is 4.06. The number of benzene rings is 1. The van der Waals surface area contributed by atoms with Crippen molar-refractivity contribution in [3.8, 4) is 0 Å². The van der Waals surface area contributed by atoms with Crippen molar-refractivity contribution in [2.24, 2.45) is 5.92 Å². The number of carbonyl (C=O) groups is 2. The number of methoxy groups -OCH3 is 1. The average molecular weight is 368 g/mol. The second-order valence-electron chi connectivity index (χ2n) is 6.73. The number of piperidine rings is 1. The third kappa shape index (κ3) is 4.81. The number of anilines is 1. The highest BCUT2D eigenvalue weighted by molar-refractivity contribution is 5.87. The van der Waals surface area contributed by atoms with E-state index in [1.165, 1.54) is 12.7 Å². The molecule has 1 aliphatic rings. The summed E-state index contributed by atoms with van der Waals surface area (Å²) in [4.78, 5) is 25.9. The highest BCUT2D eigenvalue weighted by Gasteiger charge is 2.25. The van der Waals surface area contributed by atoms with E-state index in [1.54, 1.807) is 12.1 Å². The van der Waals surface area contributed by atoms with Gasteiger partial charge < -0.3 is 15.0 Å². The first-order chi connectivity index (χ1) is 13.1. The Labute approximate surface area is 158 Å². The smallest absolute Gasteiger partial charge is 0.358 e. The summed E-state index contributed by atoms with van der Waals surface area (Å²) in [5.74, 6) is 0.315. The van der Waals surface area contributed by atoms with Crippen LogP contribution in [0.2, 0.25) is 0 Å². The van der Waals surface area contributed by atoms with E-state index in [4.69, 9.17) is 0 Å². The van der Waals surface area contributed by atoms with Gasteiger partial charge in [-0.3, -0.25) is 4.79 Å². The topological polar surface area (TPSA) is 84.4 Å². The maximum Gasteiger partial charge on any atom is 0.358 e. The van der Waals surface area contributed by atoms with E-state index in [0.29, 0.717) is 12.4 Å². The van der Waals surface area contributed by atoms with Gasteiger partial charge in [0.25, 0.3) is 0 Å². The van der Waals surface area contributed by atoms with Gasteiger partial charge in [-0.15, -0.1) is 10.2 Å². The third-order valence-electron chi connectivity index (χ3n) is 4.82. The van der Waals surface area contributed by atoms with Gasteiger partial charge in [0, 0.05) is 25.6 Å². The predicted octanol–water partition coefficient (Wildman–Crippen LogP) is 2.10. The van der Waals surface area contributed by atoms with Crippen LogP contribution in [0, 0.1) is 12.8 Å². The molecule has 142 valence electrons. The zero-order chi connectivity index (χ0) is 19.2. The van der Waals surface area contributed by atoms with E-state index in [0.717, 1.165) is 31.5 Å². The Morgan fingerprint density at radius 2 is 1.81 bits per heavy atom. The second kappa shape index (κ2) is 8.62. The number of carbonyl (C=O) groups excluding carboxylic acids is 2. The summed E-state index contributed by atoms with van der Waals surface area (Å²) in [6.07, 6.45) is 1.53. The van der Waals surface area contributed by atoms with Gasteiger partial charge in [-0.2, -0.15) is 0 Å². The Hall–Kier alpha value is -2.96. The van der Waals surface area contributed by atoms with Crippen LogP contribution in [0.25, 0.3) is 0 Å². The number of aryl methyl sites for hydroxylation is 1. The first-order valence-corrected chi connectivity index (χ1v) is 9.07. The van der Waals surface area contributed by atoms with Gasteiger partial charge in [-0.05, 0) is 37.5 Å². The molecule has 2 heterocycles. The summed E-state index contributed by atoms with van der Waals surface area (Å²) in [6, 6.07) is 11.5. The van der Waals surface area contributed by atoms with Crippen LogP contribution in [0.1, 0.15) is 34.5 Å². The zero-order valence-electron chi connectivity index (χ0n) is 15.6. The lowest BCUT2D eigenvalue weighted by molar-refractivity contribution is -0.125. The first kappa shape index (κ1) is 18.8. The van der Waals surface area contributed by atoms with Crippen molar-refractivity contribution in [1.29, 1.82) is 0 Å². The molecular formula is C20H24N4O3. The van der Waals surface area contributed by atoms with Crippen molar-refractivity contribution < 1.29 is 14.3 Å². The molecule has 1 fully saturated rings. The fourth-order valence-electron chi connectivity index (χ4n) is 3.12. The van der Waals surface area contributed by atoms with Gasteiger partial charge in [0.05, 0.1) is 7.11 Å². The molecule has 0 spiro atoms. The number of esters is 1. The molecule has 3 rings (SSSR count). The van der Waals surface area contributed by atoms with Crippen LogP contribution in [0.5, 0.6) is 0 Å². The Kier molecular flexibility index (Phi) is 6.01. The summed E-state index contributed by atoms with van der Waals surface area (Å²) >= 11 is 0. The Morgan fingerprint density at radius 1 is 1.11 bits per heavy atom. The van der Waals surface area contributed by atoms with Crippen molar-refractivity contribution >= 4 is 17.7 Å². The molecule has 1 aromatic heterocycles. The molecule has 1 N–H and O–H groups in total. The lowest BCUT2D eigenvalue weighted by atomic mass is 9.96. The predicted molar refractivity (Wildman–Crippen MR) is 101 cm³/mol. The van der Waals surface area contributed by atoms with Gasteiger partial charge in [-0.25, -0.2) is 4.79 Å². The third-order valence-corrected chi connectivity index (χ3v) is 4.82. The van der Waals surface area contributed by atoms with E-state index in [1.807, 2.05) is 31.2 Å². The largest absolute Gasteiger partial charge is 0.464 e. The Balaban J connectivity index is 1.48. The van der Waals surface area contributed by atoms with Crippen LogP contribution in [-0.4, -0.2) is 42.3 Å². The standard InChI is InChI=1S/C20H24N4O3/c1-14-3-5-15(6-4-14)13-21-19(25)16-9-11-24(12-10-16)18-8-7-17(22-23-18)20(26)27-2/h3-8,16H,9-13H2,1-2H3,(H,21,25). The molecular weight excluding hydrogens is 344 g/mol. The molecule has 27 heavy (non-hydrogen) atoms. The number of rotatable bonds is 5. The van der Waals surface area contributed by atoms with E-state index in [9.17, 15) is 9.59 Å². The fraction of sp³-hybridized carbons (Fsp3) is 0.400. The second-order valence-corrected chi connectivity index (χ2v) is 6.73. The molecule has 0 atom stereocenters. The zero-order valence-corrected chi connectivity index (χ0v) is 15.6. The van der Waals surface area contributed by atoms with Crippen LogP contribution in [-0.2, 0) is 16.1 Å². The minimum absolute atomic E-state index is 0.00833. The van der Waals surface area contributed by atoms with Crippen LogP contribution < -0.4 is 10.2 Å². The van der Waals surface area contributed by atoms with Gasteiger partial charge in [0.15, 0.2) is 11.5 Å². The SMILES string of the molecule is COC(=O)c1ccc(N2CCC(C(=O)NCc3ccc(C)cc3)CC2)nn1. The van der Waals surface area contributed by atoms with E-state index in [-0.39, 0.29) is 17.5 Å². The molecule has 0 radical (unpaired) electrons. The van der Waals surface area contributed by atoms with Gasteiger partial charge in [-0.1, -0.05) is 29.8 Å². The highest BCUT2D eigenvalue weighted by Crippen LogP contribution is 2.22. The number of aromatic nitrogens is 2. The van der Waals surface area contributed by atoms with Crippen LogP contribution in [0.3, 0.4) is 0 Å². The Bertz CT molecular complexity index is 782. The maximum atomic E-state index is 12.4. The fourth-order valence-corrected chi connectivity index (χ4v) is 3.12. The molecule has 0 bridgehead atoms. The van der Waals surface area contributed by atoms with E-state index < -0.39 is 5.97 Å². The minimum Gasteiger partial charge on any atom is -0.464 e. The number of ether oxygens (including phenoxy) is 1. The van der Waals surface area contributed by atoms with Gasteiger partial charge in [0.2, 0.25) is 5.91 Å². The minimum atomic E-state index is -0.502. The van der Waals surface area contributed by atoms with E-state index >= 15 is 0 Å². The molecule has 1 aliphatic heterocycles. The van der Waals surface area contributed by atoms with Crippen molar-refractivity contribution in [3.63, 3.8) is 0 Å². The van der Waals surface area contributed by atoms with E-state index in [2.05, 4.69) is 25.2 Å².